The third kappa shape index (κ3) is 5.06. The second-order valence-electron chi connectivity index (χ2n) is 5.98. The van der Waals surface area contributed by atoms with Gasteiger partial charge in [0.2, 0.25) is 5.91 Å². The van der Waals surface area contributed by atoms with Gasteiger partial charge in [-0.3, -0.25) is 4.79 Å². The van der Waals surface area contributed by atoms with Crippen LogP contribution in [0.15, 0.2) is 54.6 Å². The molecule has 0 bridgehead atoms. The van der Waals surface area contributed by atoms with Crippen molar-refractivity contribution in [2.75, 3.05) is 14.2 Å². The fourth-order valence-corrected chi connectivity index (χ4v) is 3.90. The Balaban J connectivity index is 2.08. The van der Waals surface area contributed by atoms with Gasteiger partial charge in [0.05, 0.1) is 12.9 Å². The molecule has 0 N–H and O–H groups in total. The van der Waals surface area contributed by atoms with Crippen LogP contribution in [0.3, 0.4) is 0 Å². The lowest BCUT2D eigenvalue weighted by molar-refractivity contribution is -0.129. The molecule has 0 aliphatic heterocycles. The van der Waals surface area contributed by atoms with E-state index in [0.717, 1.165) is 5.56 Å². The summed E-state index contributed by atoms with van der Waals surface area (Å²) in [6, 6.07) is 16.3. The minimum atomic E-state index is -3.62. The second kappa shape index (κ2) is 8.16. The lowest BCUT2D eigenvalue weighted by atomic mass is 10.2. The Morgan fingerprint density at radius 2 is 1.72 bits per heavy atom. The summed E-state index contributed by atoms with van der Waals surface area (Å²) in [4.78, 5) is 14.0. The summed E-state index contributed by atoms with van der Waals surface area (Å²) in [6.45, 7) is 1.82. The Hall–Kier alpha value is -2.34. The number of nitrogens with zero attached hydrogens (tertiary/aromatic N) is 1. The lowest BCUT2D eigenvalue weighted by Gasteiger charge is -2.21. The van der Waals surface area contributed by atoms with Gasteiger partial charge in [0.25, 0.3) is 0 Å². The summed E-state index contributed by atoms with van der Waals surface area (Å²) in [6.07, 6.45) is 0. The van der Waals surface area contributed by atoms with Gasteiger partial charge in [0.1, 0.15) is 11.0 Å². The number of sulfone groups is 1. The van der Waals surface area contributed by atoms with Crippen LogP contribution in [0.4, 0.5) is 0 Å². The Morgan fingerprint density at radius 3 is 2.36 bits per heavy atom. The van der Waals surface area contributed by atoms with Crippen LogP contribution < -0.4 is 4.74 Å². The first-order chi connectivity index (χ1) is 11.8. The summed E-state index contributed by atoms with van der Waals surface area (Å²) >= 11 is 0. The smallest absolute Gasteiger partial charge is 0.240 e. The summed E-state index contributed by atoms with van der Waals surface area (Å²) < 4.78 is 30.3. The van der Waals surface area contributed by atoms with E-state index in [4.69, 9.17) is 4.74 Å². The van der Waals surface area contributed by atoms with Crippen molar-refractivity contribution < 1.29 is 17.9 Å². The maximum atomic E-state index is 12.6. The molecule has 0 aliphatic rings. The van der Waals surface area contributed by atoms with Gasteiger partial charge >= 0.3 is 0 Å². The molecule has 0 heterocycles. The lowest BCUT2D eigenvalue weighted by Crippen LogP contribution is -2.39. The molecule has 0 spiro atoms. The quantitative estimate of drug-likeness (QED) is 0.761. The molecular formula is C19H23NO4S. The molecule has 25 heavy (non-hydrogen) atoms. The molecule has 1 atom stereocenters. The average molecular weight is 361 g/mol. The molecule has 0 aliphatic carbocycles. The number of benzene rings is 2. The molecular weight excluding hydrogens is 338 g/mol. The number of ether oxygens (including phenoxy) is 1. The van der Waals surface area contributed by atoms with Crippen LogP contribution in [-0.4, -0.2) is 38.6 Å². The molecule has 134 valence electrons. The van der Waals surface area contributed by atoms with Crippen LogP contribution in [0.5, 0.6) is 5.75 Å². The number of hydrogen-bond acceptors (Lipinski definition) is 4. The van der Waals surface area contributed by atoms with E-state index in [9.17, 15) is 13.2 Å². The topological polar surface area (TPSA) is 63.7 Å². The minimum absolute atomic E-state index is 0.198. The third-order valence-electron chi connectivity index (χ3n) is 4.03. The number of methoxy groups -OCH3 is 1. The van der Waals surface area contributed by atoms with E-state index in [1.807, 2.05) is 30.3 Å². The van der Waals surface area contributed by atoms with Crippen molar-refractivity contribution in [3.63, 3.8) is 0 Å². The van der Waals surface area contributed by atoms with Gasteiger partial charge in [-0.2, -0.15) is 0 Å². The largest absolute Gasteiger partial charge is 0.497 e. The molecule has 0 radical (unpaired) electrons. The molecule has 2 aromatic rings. The standard InChI is InChI=1S/C19H23NO4S/c1-15(19(21)20(2)13-16-8-5-4-6-9-16)25(22,23)14-17-10-7-11-18(12-17)24-3/h4-12,15H,13-14H2,1-3H3. The number of amides is 1. The monoisotopic (exact) mass is 361 g/mol. The van der Waals surface area contributed by atoms with Crippen LogP contribution in [-0.2, 0) is 26.9 Å². The van der Waals surface area contributed by atoms with Crippen molar-refractivity contribution in [1.29, 1.82) is 0 Å². The molecule has 2 rings (SSSR count). The van der Waals surface area contributed by atoms with Crippen molar-refractivity contribution in [3.8, 4) is 5.75 Å². The fourth-order valence-electron chi connectivity index (χ4n) is 2.52. The van der Waals surface area contributed by atoms with E-state index in [2.05, 4.69) is 0 Å². The summed E-state index contributed by atoms with van der Waals surface area (Å²) in [5, 5.41) is -1.10. The zero-order valence-corrected chi connectivity index (χ0v) is 15.5. The number of rotatable bonds is 7. The van der Waals surface area contributed by atoms with Crippen LogP contribution in [0.2, 0.25) is 0 Å². The molecule has 0 fully saturated rings. The number of carbonyl (C=O) groups excluding carboxylic acids is 1. The van der Waals surface area contributed by atoms with Gasteiger partial charge in [-0.05, 0) is 30.2 Å². The molecule has 1 amide bonds. The number of hydrogen-bond donors (Lipinski definition) is 0. The van der Waals surface area contributed by atoms with Gasteiger partial charge in [-0.25, -0.2) is 8.42 Å². The third-order valence-corrected chi connectivity index (χ3v) is 6.04. The van der Waals surface area contributed by atoms with Gasteiger partial charge in [-0.15, -0.1) is 0 Å². The van der Waals surface area contributed by atoms with Crippen molar-refractivity contribution in [2.45, 2.75) is 24.5 Å². The molecule has 0 saturated heterocycles. The Labute approximate surface area is 149 Å². The van der Waals surface area contributed by atoms with Crippen molar-refractivity contribution in [2.24, 2.45) is 0 Å². The first-order valence-electron chi connectivity index (χ1n) is 7.97. The second-order valence-corrected chi connectivity index (χ2v) is 8.30. The minimum Gasteiger partial charge on any atom is -0.497 e. The van der Waals surface area contributed by atoms with E-state index in [1.165, 1.54) is 18.9 Å². The Kier molecular flexibility index (Phi) is 6.20. The first kappa shape index (κ1) is 19.0. The Morgan fingerprint density at radius 1 is 1.08 bits per heavy atom. The zero-order valence-electron chi connectivity index (χ0n) is 14.7. The van der Waals surface area contributed by atoms with Crippen molar-refractivity contribution in [3.05, 3.63) is 65.7 Å². The van der Waals surface area contributed by atoms with Gasteiger partial charge in [0, 0.05) is 13.6 Å². The molecule has 2 aromatic carbocycles. The maximum absolute atomic E-state index is 12.6. The highest BCUT2D eigenvalue weighted by Gasteiger charge is 2.30. The van der Waals surface area contributed by atoms with Crippen LogP contribution >= 0.6 is 0 Å². The zero-order chi connectivity index (χ0) is 18.4. The van der Waals surface area contributed by atoms with E-state index in [1.54, 1.807) is 31.3 Å². The SMILES string of the molecule is COc1cccc(CS(=O)(=O)C(C)C(=O)N(C)Cc2ccccc2)c1. The molecule has 1 unspecified atom stereocenters. The van der Waals surface area contributed by atoms with Crippen LogP contribution in [0.25, 0.3) is 0 Å². The van der Waals surface area contributed by atoms with E-state index in [-0.39, 0.29) is 5.75 Å². The van der Waals surface area contributed by atoms with Crippen molar-refractivity contribution in [1.82, 2.24) is 4.90 Å². The van der Waals surface area contributed by atoms with Gasteiger partial charge in [0.15, 0.2) is 9.84 Å². The predicted octanol–water partition coefficient (Wildman–Crippen LogP) is 2.66. The molecule has 0 saturated carbocycles. The normalized spacial score (nSPS) is 12.4. The first-order valence-corrected chi connectivity index (χ1v) is 9.68. The molecule has 5 nitrogen and oxygen atoms in total. The predicted molar refractivity (Wildman–Crippen MR) is 98.0 cm³/mol. The molecule has 6 heteroatoms. The summed E-state index contributed by atoms with van der Waals surface area (Å²) in [7, 11) is -0.478. The Bertz CT molecular complexity index is 818. The van der Waals surface area contributed by atoms with Crippen LogP contribution in [0.1, 0.15) is 18.1 Å². The highest BCUT2D eigenvalue weighted by atomic mass is 32.2. The van der Waals surface area contributed by atoms with E-state index in [0.29, 0.717) is 17.9 Å². The van der Waals surface area contributed by atoms with Gasteiger partial charge in [-0.1, -0.05) is 42.5 Å². The summed E-state index contributed by atoms with van der Waals surface area (Å²) in [5.41, 5.74) is 1.56. The molecule has 0 aromatic heterocycles. The van der Waals surface area contributed by atoms with Gasteiger partial charge < -0.3 is 9.64 Å². The fraction of sp³-hybridized carbons (Fsp3) is 0.316. The number of carbonyl (C=O) groups is 1. The van der Waals surface area contributed by atoms with Crippen molar-refractivity contribution >= 4 is 15.7 Å². The summed E-state index contributed by atoms with van der Waals surface area (Å²) in [5.74, 6) is -0.0179. The van der Waals surface area contributed by atoms with E-state index < -0.39 is 21.0 Å². The average Bonchev–Trinajstić information content (AvgIpc) is 2.61. The van der Waals surface area contributed by atoms with Crippen LogP contribution in [0, 0.1) is 0 Å². The highest BCUT2D eigenvalue weighted by Crippen LogP contribution is 2.18. The maximum Gasteiger partial charge on any atom is 0.240 e. The highest BCUT2D eigenvalue weighted by molar-refractivity contribution is 7.92. The van der Waals surface area contributed by atoms with E-state index >= 15 is 0 Å².